The van der Waals surface area contributed by atoms with Crippen molar-refractivity contribution < 1.29 is 0 Å². The number of aromatic nitrogens is 4. The van der Waals surface area contributed by atoms with Gasteiger partial charge in [0.25, 0.3) is 0 Å². The van der Waals surface area contributed by atoms with Crippen LogP contribution in [-0.4, -0.2) is 19.7 Å². The van der Waals surface area contributed by atoms with E-state index in [9.17, 15) is 0 Å². The summed E-state index contributed by atoms with van der Waals surface area (Å²) in [4.78, 5) is 5.23. The normalized spacial score (nSPS) is 10.7. The zero-order chi connectivity index (χ0) is 12.4. The summed E-state index contributed by atoms with van der Waals surface area (Å²) in [6.07, 6.45) is 1.86. The molecule has 2 heterocycles. The van der Waals surface area contributed by atoms with Gasteiger partial charge in [-0.1, -0.05) is 30.3 Å². The van der Waals surface area contributed by atoms with Crippen LogP contribution >= 0.6 is 23.6 Å². The zero-order valence-corrected chi connectivity index (χ0v) is 11.0. The summed E-state index contributed by atoms with van der Waals surface area (Å²) < 4.78 is 2.61. The average Bonchev–Trinajstić information content (AvgIpc) is 3.03. The lowest BCUT2D eigenvalue weighted by Gasteiger charge is -2.04. The third-order valence-corrected chi connectivity index (χ3v) is 3.66. The first-order valence-electron chi connectivity index (χ1n) is 5.42. The highest BCUT2D eigenvalue weighted by Crippen LogP contribution is 2.18. The Morgan fingerprint density at radius 1 is 1.28 bits per heavy atom. The molecule has 0 aliphatic carbocycles. The molecule has 1 aromatic carbocycles. The Bertz CT molecular complexity index is 682. The van der Waals surface area contributed by atoms with Gasteiger partial charge in [-0.3, -0.25) is 14.6 Å². The van der Waals surface area contributed by atoms with Crippen molar-refractivity contribution in [2.75, 3.05) is 0 Å². The van der Waals surface area contributed by atoms with Gasteiger partial charge in [0.15, 0.2) is 10.6 Å². The Labute approximate surface area is 113 Å². The highest BCUT2D eigenvalue weighted by Gasteiger charge is 2.09. The van der Waals surface area contributed by atoms with E-state index in [0.29, 0.717) is 11.3 Å². The molecule has 0 aliphatic heterocycles. The predicted octanol–water partition coefficient (Wildman–Crippen LogP) is 3.11. The number of nitrogens with zero attached hydrogens (tertiary/aromatic N) is 3. The van der Waals surface area contributed by atoms with Crippen molar-refractivity contribution in [2.45, 2.75) is 6.54 Å². The monoisotopic (exact) mass is 274 g/mol. The van der Waals surface area contributed by atoms with E-state index in [1.807, 2.05) is 46.6 Å². The number of thiazole rings is 1. The summed E-state index contributed by atoms with van der Waals surface area (Å²) in [5, 5.41) is 7.14. The molecular weight excluding hydrogens is 264 g/mol. The molecule has 90 valence electrons. The van der Waals surface area contributed by atoms with Crippen molar-refractivity contribution in [3.05, 3.63) is 51.7 Å². The summed E-state index contributed by atoms with van der Waals surface area (Å²) in [5.74, 6) is 0.856. The summed E-state index contributed by atoms with van der Waals surface area (Å²) in [6, 6.07) is 10.0. The molecule has 0 atom stereocenters. The SMILES string of the molecule is S=c1[nH]nc(-c2ccccc2)n1Cc1cncs1. The van der Waals surface area contributed by atoms with Crippen molar-refractivity contribution in [1.29, 1.82) is 0 Å². The van der Waals surface area contributed by atoms with E-state index in [1.165, 1.54) is 0 Å². The van der Waals surface area contributed by atoms with Crippen molar-refractivity contribution in [3.63, 3.8) is 0 Å². The minimum atomic E-state index is 0.627. The summed E-state index contributed by atoms with van der Waals surface area (Å²) in [7, 11) is 0. The van der Waals surface area contributed by atoms with E-state index in [4.69, 9.17) is 12.2 Å². The van der Waals surface area contributed by atoms with Crippen LogP contribution in [0.2, 0.25) is 0 Å². The fourth-order valence-electron chi connectivity index (χ4n) is 1.75. The number of hydrogen-bond donors (Lipinski definition) is 1. The molecule has 4 nitrogen and oxygen atoms in total. The van der Waals surface area contributed by atoms with Crippen LogP contribution in [0.3, 0.4) is 0 Å². The molecule has 2 aromatic heterocycles. The van der Waals surface area contributed by atoms with Gasteiger partial charge in [-0.2, -0.15) is 5.10 Å². The minimum Gasteiger partial charge on any atom is -0.295 e. The summed E-state index contributed by atoms with van der Waals surface area (Å²) >= 11 is 6.89. The Hall–Kier alpha value is -1.79. The van der Waals surface area contributed by atoms with Gasteiger partial charge >= 0.3 is 0 Å². The molecule has 3 aromatic rings. The van der Waals surface area contributed by atoms with Gasteiger partial charge in [0.1, 0.15) is 0 Å². The number of rotatable bonds is 3. The number of H-pyrrole nitrogens is 1. The van der Waals surface area contributed by atoms with Gasteiger partial charge in [-0.25, -0.2) is 0 Å². The fraction of sp³-hybridized carbons (Fsp3) is 0.0833. The van der Waals surface area contributed by atoms with E-state index in [-0.39, 0.29) is 0 Å². The average molecular weight is 274 g/mol. The van der Waals surface area contributed by atoms with E-state index in [2.05, 4.69) is 15.2 Å². The van der Waals surface area contributed by atoms with Crippen molar-refractivity contribution in [1.82, 2.24) is 19.7 Å². The molecule has 0 fully saturated rings. The summed E-state index contributed by atoms with van der Waals surface area (Å²) in [6.45, 7) is 0.699. The quantitative estimate of drug-likeness (QED) is 0.746. The topological polar surface area (TPSA) is 46.5 Å². The smallest absolute Gasteiger partial charge is 0.195 e. The second kappa shape index (κ2) is 4.83. The Morgan fingerprint density at radius 2 is 2.11 bits per heavy atom. The highest BCUT2D eigenvalue weighted by molar-refractivity contribution is 7.71. The molecule has 0 saturated carbocycles. The molecule has 0 unspecified atom stereocenters. The first kappa shape index (κ1) is 11.3. The molecule has 0 aliphatic rings. The van der Waals surface area contributed by atoms with E-state index < -0.39 is 0 Å². The number of aromatic amines is 1. The molecule has 0 saturated heterocycles. The second-order valence-corrected chi connectivity index (χ2v) is 5.13. The van der Waals surface area contributed by atoms with Gasteiger partial charge in [-0.15, -0.1) is 11.3 Å². The Balaban J connectivity index is 2.04. The second-order valence-electron chi connectivity index (χ2n) is 3.77. The molecule has 0 spiro atoms. The predicted molar refractivity (Wildman–Crippen MR) is 74.1 cm³/mol. The maximum Gasteiger partial charge on any atom is 0.195 e. The third-order valence-electron chi connectivity index (χ3n) is 2.59. The molecule has 1 N–H and O–H groups in total. The van der Waals surface area contributed by atoms with E-state index in [1.54, 1.807) is 11.3 Å². The molecule has 0 amide bonds. The van der Waals surface area contributed by atoms with Crippen LogP contribution in [0.4, 0.5) is 0 Å². The molecular formula is C12H10N4S2. The highest BCUT2D eigenvalue weighted by atomic mass is 32.1. The number of nitrogens with one attached hydrogen (secondary N) is 1. The first-order valence-corrected chi connectivity index (χ1v) is 6.71. The van der Waals surface area contributed by atoms with Crippen molar-refractivity contribution >= 4 is 23.6 Å². The molecule has 18 heavy (non-hydrogen) atoms. The minimum absolute atomic E-state index is 0.627. The maximum absolute atomic E-state index is 5.28. The number of benzene rings is 1. The summed E-state index contributed by atoms with van der Waals surface area (Å²) in [5.41, 5.74) is 2.87. The van der Waals surface area contributed by atoms with E-state index in [0.717, 1.165) is 16.3 Å². The molecule has 3 rings (SSSR count). The fourth-order valence-corrected chi connectivity index (χ4v) is 2.53. The van der Waals surface area contributed by atoms with Crippen molar-refractivity contribution in [3.8, 4) is 11.4 Å². The maximum atomic E-state index is 5.28. The van der Waals surface area contributed by atoms with Gasteiger partial charge in [-0.05, 0) is 12.2 Å². The number of hydrogen-bond acceptors (Lipinski definition) is 4. The zero-order valence-electron chi connectivity index (χ0n) is 9.41. The van der Waals surface area contributed by atoms with Gasteiger partial charge in [0, 0.05) is 16.6 Å². The lowest BCUT2D eigenvalue weighted by molar-refractivity contribution is 0.800. The van der Waals surface area contributed by atoms with Gasteiger partial charge in [0.2, 0.25) is 0 Å². The van der Waals surface area contributed by atoms with Crippen LogP contribution in [0, 0.1) is 4.77 Å². The molecule has 0 radical (unpaired) electrons. The molecule has 0 bridgehead atoms. The van der Waals surface area contributed by atoms with Gasteiger partial charge < -0.3 is 0 Å². The van der Waals surface area contributed by atoms with Crippen LogP contribution in [0.5, 0.6) is 0 Å². The molecule has 6 heteroatoms. The Kier molecular flexibility index (Phi) is 3.04. The van der Waals surface area contributed by atoms with Crippen molar-refractivity contribution in [2.24, 2.45) is 0 Å². The standard InChI is InChI=1S/C12H10N4S2/c17-12-15-14-11(9-4-2-1-3-5-9)16(12)7-10-6-13-8-18-10/h1-6,8H,7H2,(H,15,17). The Morgan fingerprint density at radius 3 is 2.83 bits per heavy atom. The largest absolute Gasteiger partial charge is 0.295 e. The van der Waals surface area contributed by atoms with Crippen LogP contribution in [0.25, 0.3) is 11.4 Å². The third kappa shape index (κ3) is 2.12. The van der Waals surface area contributed by atoms with Crippen LogP contribution < -0.4 is 0 Å². The van der Waals surface area contributed by atoms with Crippen LogP contribution in [-0.2, 0) is 6.54 Å². The first-order chi connectivity index (χ1) is 8.84. The van der Waals surface area contributed by atoms with Crippen LogP contribution in [0.15, 0.2) is 42.0 Å². The van der Waals surface area contributed by atoms with E-state index >= 15 is 0 Å². The lowest BCUT2D eigenvalue weighted by Crippen LogP contribution is -2.00. The van der Waals surface area contributed by atoms with Crippen LogP contribution in [0.1, 0.15) is 4.88 Å². The lowest BCUT2D eigenvalue weighted by atomic mass is 10.2. The van der Waals surface area contributed by atoms with Gasteiger partial charge in [0.05, 0.1) is 12.1 Å².